The van der Waals surface area contributed by atoms with Gasteiger partial charge in [-0.15, -0.1) is 0 Å². The fourth-order valence-corrected chi connectivity index (χ4v) is 2.55. The Balaban J connectivity index is 2.51. The molecule has 0 aromatic carbocycles. The SMILES string of the molecule is CC1CCCN(CC(=O)NC(C)(C)C)C1CN. The summed E-state index contributed by atoms with van der Waals surface area (Å²) in [5, 5.41) is 3.00. The Morgan fingerprint density at radius 1 is 1.47 bits per heavy atom. The molecule has 1 rings (SSSR count). The molecule has 100 valence electrons. The normalized spacial score (nSPS) is 26.9. The first kappa shape index (κ1) is 14.5. The summed E-state index contributed by atoms with van der Waals surface area (Å²) in [6, 6.07) is 0.356. The lowest BCUT2D eigenvalue weighted by Crippen LogP contribution is -2.53. The third kappa shape index (κ3) is 4.64. The van der Waals surface area contributed by atoms with E-state index in [1.807, 2.05) is 20.8 Å². The maximum absolute atomic E-state index is 11.9. The van der Waals surface area contributed by atoms with E-state index < -0.39 is 0 Å². The van der Waals surface area contributed by atoms with Crippen LogP contribution in [-0.4, -0.2) is 42.0 Å². The minimum absolute atomic E-state index is 0.102. The van der Waals surface area contributed by atoms with E-state index in [-0.39, 0.29) is 11.4 Å². The third-order valence-corrected chi connectivity index (χ3v) is 3.33. The Bertz CT molecular complexity index is 260. The first-order valence-electron chi connectivity index (χ1n) is 6.58. The predicted molar refractivity (Wildman–Crippen MR) is 70.7 cm³/mol. The summed E-state index contributed by atoms with van der Waals surface area (Å²) in [7, 11) is 0. The number of carbonyl (C=O) groups is 1. The fraction of sp³-hybridized carbons (Fsp3) is 0.923. The zero-order valence-corrected chi connectivity index (χ0v) is 11.6. The number of nitrogens with zero attached hydrogens (tertiary/aromatic N) is 1. The molecule has 0 radical (unpaired) electrons. The number of amides is 1. The van der Waals surface area contributed by atoms with Gasteiger partial charge in [-0.25, -0.2) is 0 Å². The molecule has 2 atom stereocenters. The predicted octanol–water partition coefficient (Wildman–Crippen LogP) is 0.960. The van der Waals surface area contributed by atoms with Crippen molar-refractivity contribution in [2.45, 2.75) is 52.1 Å². The van der Waals surface area contributed by atoms with Gasteiger partial charge in [0.1, 0.15) is 0 Å². The summed E-state index contributed by atoms with van der Waals surface area (Å²) < 4.78 is 0. The van der Waals surface area contributed by atoms with E-state index in [9.17, 15) is 4.79 Å². The van der Waals surface area contributed by atoms with Crippen molar-refractivity contribution in [2.24, 2.45) is 11.7 Å². The molecule has 1 fully saturated rings. The van der Waals surface area contributed by atoms with Crippen molar-refractivity contribution in [3.05, 3.63) is 0 Å². The van der Waals surface area contributed by atoms with E-state index in [0.717, 1.165) is 6.54 Å². The highest BCUT2D eigenvalue weighted by atomic mass is 16.2. The van der Waals surface area contributed by atoms with Gasteiger partial charge in [0.2, 0.25) is 5.91 Å². The summed E-state index contributed by atoms with van der Waals surface area (Å²) in [5.74, 6) is 0.696. The van der Waals surface area contributed by atoms with E-state index in [0.29, 0.717) is 25.0 Å². The summed E-state index contributed by atoms with van der Waals surface area (Å²) in [6.45, 7) is 10.3. The van der Waals surface area contributed by atoms with Gasteiger partial charge < -0.3 is 11.1 Å². The molecule has 1 aliphatic heterocycles. The second-order valence-corrected chi connectivity index (χ2v) is 6.19. The smallest absolute Gasteiger partial charge is 0.234 e. The van der Waals surface area contributed by atoms with Gasteiger partial charge in [-0.1, -0.05) is 6.92 Å². The Hall–Kier alpha value is -0.610. The van der Waals surface area contributed by atoms with Crippen molar-refractivity contribution in [2.75, 3.05) is 19.6 Å². The molecule has 3 N–H and O–H groups in total. The molecular formula is C13H27N3O. The maximum Gasteiger partial charge on any atom is 0.234 e. The van der Waals surface area contributed by atoms with Crippen LogP contribution in [0.2, 0.25) is 0 Å². The van der Waals surface area contributed by atoms with Gasteiger partial charge in [0.15, 0.2) is 0 Å². The highest BCUT2D eigenvalue weighted by Crippen LogP contribution is 2.22. The van der Waals surface area contributed by atoms with E-state index in [4.69, 9.17) is 5.73 Å². The van der Waals surface area contributed by atoms with Crippen LogP contribution in [0.4, 0.5) is 0 Å². The monoisotopic (exact) mass is 241 g/mol. The van der Waals surface area contributed by atoms with Gasteiger partial charge in [-0.2, -0.15) is 0 Å². The molecule has 1 heterocycles. The number of hydrogen-bond donors (Lipinski definition) is 2. The van der Waals surface area contributed by atoms with Crippen LogP contribution < -0.4 is 11.1 Å². The summed E-state index contributed by atoms with van der Waals surface area (Å²) in [4.78, 5) is 14.1. The fourth-order valence-electron chi connectivity index (χ4n) is 2.55. The average molecular weight is 241 g/mol. The molecular weight excluding hydrogens is 214 g/mol. The van der Waals surface area contributed by atoms with E-state index in [1.165, 1.54) is 12.8 Å². The van der Waals surface area contributed by atoms with Gasteiger partial charge in [-0.3, -0.25) is 9.69 Å². The average Bonchev–Trinajstić information content (AvgIpc) is 2.14. The lowest BCUT2D eigenvalue weighted by atomic mass is 9.91. The number of likely N-dealkylation sites (tertiary alicyclic amines) is 1. The molecule has 0 spiro atoms. The molecule has 0 aromatic heterocycles. The largest absolute Gasteiger partial charge is 0.350 e. The number of nitrogens with two attached hydrogens (primary N) is 1. The third-order valence-electron chi connectivity index (χ3n) is 3.33. The van der Waals surface area contributed by atoms with Crippen LogP contribution in [0.1, 0.15) is 40.5 Å². The maximum atomic E-state index is 11.9. The summed E-state index contributed by atoms with van der Waals surface area (Å²) >= 11 is 0. The molecule has 1 amide bonds. The number of nitrogens with one attached hydrogen (secondary N) is 1. The molecule has 4 nitrogen and oxygen atoms in total. The number of piperidine rings is 1. The van der Waals surface area contributed by atoms with Gasteiger partial charge >= 0.3 is 0 Å². The first-order chi connectivity index (χ1) is 7.83. The Labute approximate surface area is 105 Å². The highest BCUT2D eigenvalue weighted by molar-refractivity contribution is 5.78. The quantitative estimate of drug-likeness (QED) is 0.774. The highest BCUT2D eigenvalue weighted by Gasteiger charge is 2.29. The second kappa shape index (κ2) is 5.83. The van der Waals surface area contributed by atoms with Crippen molar-refractivity contribution in [1.29, 1.82) is 0 Å². The van der Waals surface area contributed by atoms with Crippen LogP contribution in [0, 0.1) is 5.92 Å². The van der Waals surface area contributed by atoms with Crippen molar-refractivity contribution in [3.8, 4) is 0 Å². The van der Waals surface area contributed by atoms with Crippen LogP contribution >= 0.6 is 0 Å². The molecule has 1 aliphatic rings. The van der Waals surface area contributed by atoms with Crippen LogP contribution in [-0.2, 0) is 4.79 Å². The molecule has 0 saturated carbocycles. The van der Waals surface area contributed by atoms with Crippen molar-refractivity contribution < 1.29 is 4.79 Å². The molecule has 4 heteroatoms. The van der Waals surface area contributed by atoms with Gasteiger partial charge in [0, 0.05) is 18.1 Å². The van der Waals surface area contributed by atoms with E-state index in [2.05, 4.69) is 17.1 Å². The van der Waals surface area contributed by atoms with Gasteiger partial charge in [-0.05, 0) is 46.1 Å². The Morgan fingerprint density at radius 3 is 2.65 bits per heavy atom. The van der Waals surface area contributed by atoms with Gasteiger partial charge in [0.25, 0.3) is 0 Å². The second-order valence-electron chi connectivity index (χ2n) is 6.19. The number of rotatable bonds is 3. The van der Waals surface area contributed by atoms with Crippen molar-refractivity contribution in [1.82, 2.24) is 10.2 Å². The molecule has 0 aromatic rings. The topological polar surface area (TPSA) is 58.4 Å². The minimum atomic E-state index is -0.156. The van der Waals surface area contributed by atoms with Crippen LogP contribution in [0.15, 0.2) is 0 Å². The minimum Gasteiger partial charge on any atom is -0.350 e. The first-order valence-corrected chi connectivity index (χ1v) is 6.58. The van der Waals surface area contributed by atoms with E-state index >= 15 is 0 Å². The van der Waals surface area contributed by atoms with Gasteiger partial charge in [0.05, 0.1) is 6.54 Å². The summed E-state index contributed by atoms with van der Waals surface area (Å²) in [5.41, 5.74) is 5.66. The Morgan fingerprint density at radius 2 is 2.12 bits per heavy atom. The molecule has 1 saturated heterocycles. The zero-order chi connectivity index (χ0) is 13.1. The number of hydrogen-bond acceptors (Lipinski definition) is 3. The number of carbonyl (C=O) groups excluding carboxylic acids is 1. The van der Waals surface area contributed by atoms with Crippen LogP contribution in [0.5, 0.6) is 0 Å². The standard InChI is InChI=1S/C13H27N3O/c1-10-6-5-7-16(11(10)8-14)9-12(17)15-13(2,3)4/h10-11H,5-9,14H2,1-4H3,(H,15,17). The molecule has 0 bridgehead atoms. The molecule has 2 unspecified atom stereocenters. The molecule has 0 aliphatic carbocycles. The van der Waals surface area contributed by atoms with Crippen LogP contribution in [0.25, 0.3) is 0 Å². The van der Waals surface area contributed by atoms with E-state index in [1.54, 1.807) is 0 Å². The summed E-state index contributed by atoms with van der Waals surface area (Å²) in [6.07, 6.45) is 2.39. The van der Waals surface area contributed by atoms with Crippen molar-refractivity contribution in [3.63, 3.8) is 0 Å². The van der Waals surface area contributed by atoms with Crippen molar-refractivity contribution >= 4 is 5.91 Å². The van der Waals surface area contributed by atoms with Crippen LogP contribution in [0.3, 0.4) is 0 Å². The lowest BCUT2D eigenvalue weighted by Gasteiger charge is -2.39. The zero-order valence-electron chi connectivity index (χ0n) is 11.6. The lowest BCUT2D eigenvalue weighted by molar-refractivity contribution is -0.124. The molecule has 17 heavy (non-hydrogen) atoms. The Kier molecular flexibility index (Phi) is 4.95.